The van der Waals surface area contributed by atoms with Crippen molar-refractivity contribution in [2.75, 3.05) is 0 Å². The Morgan fingerprint density at radius 1 is 0.688 bits per heavy atom. The monoisotopic (exact) mass is 432 g/mol. The van der Waals surface area contributed by atoms with E-state index in [9.17, 15) is 0 Å². The predicted octanol–water partition coefficient (Wildman–Crippen LogP) is -5.71. The van der Waals surface area contributed by atoms with E-state index in [1.54, 1.807) is 0 Å². The molecule has 0 aromatic carbocycles. The van der Waals surface area contributed by atoms with Gasteiger partial charge in [-0.15, -0.1) is 0 Å². The van der Waals surface area contributed by atoms with Crippen molar-refractivity contribution in [2.45, 2.75) is 0 Å². The van der Waals surface area contributed by atoms with E-state index in [0.29, 0.717) is 0 Å². The van der Waals surface area contributed by atoms with Gasteiger partial charge in [0.15, 0.2) is 0 Å². The Morgan fingerprint density at radius 2 is 0.688 bits per heavy atom. The van der Waals surface area contributed by atoms with Crippen LogP contribution in [0.25, 0.3) is 0 Å². The first kappa shape index (κ1) is 36.1. The molecule has 0 saturated heterocycles. The molecule has 0 aromatic rings. The normalized spacial score (nSPS) is 8.50. The van der Waals surface area contributed by atoms with Gasteiger partial charge in [-0.25, -0.2) is 10.5 Å². The minimum Gasteiger partial charge on any atom is -0.822 e. The van der Waals surface area contributed by atoms with E-state index in [4.69, 9.17) is 49.0 Å². The Labute approximate surface area is 127 Å². The summed E-state index contributed by atoms with van der Waals surface area (Å²) < 4.78 is 17.1. The van der Waals surface area contributed by atoms with Crippen LogP contribution >= 0.6 is 15.6 Å². The zero-order chi connectivity index (χ0) is 11.7. The first-order valence-electron chi connectivity index (χ1n) is 1.83. The molecule has 0 aromatic heterocycles. The largest absolute Gasteiger partial charge is 2.00 e. The number of phosphoric acid groups is 2. The van der Waals surface area contributed by atoms with Crippen LogP contribution < -0.4 is 29.4 Å². The van der Waals surface area contributed by atoms with Crippen molar-refractivity contribution in [3.63, 3.8) is 0 Å². The fourth-order valence-corrected chi connectivity index (χ4v) is 0. The van der Waals surface area contributed by atoms with Crippen LogP contribution in [0.1, 0.15) is 0 Å². The molecule has 0 atom stereocenters. The molecule has 0 unspecified atom stereocenters. The SMILES string of the molecule is O=P([O-])([O-])[O-].O=P([O-])([O-])[O-].OOO.[Zn+2].[Zn+2].[Zn+2]. The van der Waals surface area contributed by atoms with Crippen molar-refractivity contribution in [3.8, 4) is 0 Å². The molecule has 0 heterocycles. The van der Waals surface area contributed by atoms with Gasteiger partial charge < -0.3 is 38.5 Å². The van der Waals surface area contributed by atoms with Crippen molar-refractivity contribution < 1.29 is 112 Å². The Hall–Kier alpha value is 1.97. The van der Waals surface area contributed by atoms with Gasteiger partial charge in [0.1, 0.15) is 0 Å². The molecule has 0 amide bonds. The standard InChI is InChI=1S/2H3O4P.H2O3.3Zn/c2*1-5(2,3)4;1-3-2;;;/h2*(H3,1,2,3,4);1-2H;;;/q;;;3*+2/p-6. The van der Waals surface area contributed by atoms with Gasteiger partial charge in [-0.3, -0.25) is 0 Å². The first-order valence-corrected chi connectivity index (χ1v) is 4.75. The molecular formula is H2O11P2Zn3. The average molecular weight is 436 g/mol. The summed E-state index contributed by atoms with van der Waals surface area (Å²) in [6.45, 7) is 0. The van der Waals surface area contributed by atoms with E-state index in [2.05, 4.69) is 5.04 Å². The van der Waals surface area contributed by atoms with Gasteiger partial charge >= 0.3 is 58.4 Å². The molecule has 0 rings (SSSR count). The smallest absolute Gasteiger partial charge is 0.822 e. The molecule has 0 radical (unpaired) electrons. The van der Waals surface area contributed by atoms with Crippen LogP contribution in [0.5, 0.6) is 0 Å². The summed E-state index contributed by atoms with van der Waals surface area (Å²) in [6, 6.07) is 0. The average Bonchev–Trinajstić information content (AvgIpc) is 1.52. The van der Waals surface area contributed by atoms with Gasteiger partial charge in [0, 0.05) is 0 Å². The van der Waals surface area contributed by atoms with Crippen LogP contribution in [0, 0.1) is 0 Å². The summed E-state index contributed by atoms with van der Waals surface area (Å²) in [5.41, 5.74) is 0. The van der Waals surface area contributed by atoms with Crippen LogP contribution in [-0.4, -0.2) is 10.5 Å². The first-order chi connectivity index (χ1) is 5.41. The van der Waals surface area contributed by atoms with Crippen molar-refractivity contribution in [2.24, 2.45) is 0 Å². The van der Waals surface area contributed by atoms with E-state index >= 15 is 0 Å². The summed E-state index contributed by atoms with van der Waals surface area (Å²) in [6.07, 6.45) is 0. The van der Waals surface area contributed by atoms with Gasteiger partial charge in [-0.2, -0.15) is 15.6 Å². The molecule has 0 saturated carbocycles. The topological polar surface area (TPSA) is 222 Å². The maximum atomic E-state index is 8.55. The third kappa shape index (κ3) is 922. The zero-order valence-electron chi connectivity index (χ0n) is 7.58. The molecule has 0 fully saturated rings. The Balaban J connectivity index is -0.0000000220. The van der Waals surface area contributed by atoms with Crippen LogP contribution in [0.15, 0.2) is 0 Å². The molecule has 16 heavy (non-hydrogen) atoms. The molecule has 16 heteroatoms. The van der Waals surface area contributed by atoms with E-state index in [1.165, 1.54) is 0 Å². The summed E-state index contributed by atoms with van der Waals surface area (Å²) in [7, 11) is -10.8. The summed E-state index contributed by atoms with van der Waals surface area (Å²) >= 11 is 0. The summed E-state index contributed by atoms with van der Waals surface area (Å²) in [5.74, 6) is 0. The van der Waals surface area contributed by atoms with Gasteiger partial charge in [-0.1, -0.05) is 5.04 Å². The minimum atomic E-state index is -5.39. The van der Waals surface area contributed by atoms with Crippen LogP contribution in [0.4, 0.5) is 0 Å². The number of rotatable bonds is 0. The predicted molar refractivity (Wildman–Crippen MR) is 21.6 cm³/mol. The molecule has 0 aliphatic carbocycles. The molecule has 0 bridgehead atoms. The number of hydrogen-bond acceptors (Lipinski definition) is 11. The Bertz CT molecular complexity index is 143. The van der Waals surface area contributed by atoms with Crippen molar-refractivity contribution in [3.05, 3.63) is 0 Å². The van der Waals surface area contributed by atoms with Crippen LogP contribution in [0.3, 0.4) is 0 Å². The second kappa shape index (κ2) is 19.3. The molecule has 0 aliphatic rings. The molecule has 11 nitrogen and oxygen atoms in total. The van der Waals surface area contributed by atoms with Crippen molar-refractivity contribution >= 4 is 15.6 Å². The molecular weight excluding hydrogens is 434 g/mol. The third-order valence-corrected chi connectivity index (χ3v) is 0. The molecule has 2 N–H and O–H groups in total. The third-order valence-electron chi connectivity index (χ3n) is 0. The van der Waals surface area contributed by atoms with Gasteiger partial charge in [0.05, 0.1) is 0 Å². The van der Waals surface area contributed by atoms with E-state index in [1.807, 2.05) is 0 Å². The maximum absolute atomic E-state index is 8.55. The van der Waals surface area contributed by atoms with E-state index in [-0.39, 0.29) is 58.4 Å². The van der Waals surface area contributed by atoms with Gasteiger partial charge in [-0.05, 0) is 0 Å². The van der Waals surface area contributed by atoms with Gasteiger partial charge in [0.25, 0.3) is 0 Å². The van der Waals surface area contributed by atoms with E-state index in [0.717, 1.165) is 0 Å². The van der Waals surface area contributed by atoms with Crippen molar-refractivity contribution in [1.82, 2.24) is 0 Å². The Morgan fingerprint density at radius 3 is 0.688 bits per heavy atom. The quantitative estimate of drug-likeness (QED) is 0.158. The fourth-order valence-electron chi connectivity index (χ4n) is 0. The van der Waals surface area contributed by atoms with Gasteiger partial charge in [0.2, 0.25) is 0 Å². The number of hydrogen-bond donors (Lipinski definition) is 2. The maximum Gasteiger partial charge on any atom is 2.00 e. The zero-order valence-corrected chi connectivity index (χ0v) is 18.3. The molecule has 84 valence electrons. The van der Waals surface area contributed by atoms with Crippen molar-refractivity contribution in [1.29, 1.82) is 0 Å². The molecule has 0 spiro atoms. The second-order valence-corrected chi connectivity index (χ2v) is 2.76. The second-order valence-electron chi connectivity index (χ2n) is 0.976. The Kier molecular flexibility index (Phi) is 43.6. The summed E-state index contributed by atoms with van der Waals surface area (Å²) in [4.78, 5) is 51.3. The van der Waals surface area contributed by atoms with E-state index < -0.39 is 15.6 Å². The fraction of sp³-hybridized carbons (Fsp3) is 0. The van der Waals surface area contributed by atoms with Crippen LogP contribution in [0.2, 0.25) is 0 Å². The minimum absolute atomic E-state index is 0. The van der Waals surface area contributed by atoms with Crippen LogP contribution in [-0.2, 0) is 72.6 Å². The summed E-state index contributed by atoms with van der Waals surface area (Å²) in [5, 5.41) is 15.5. The molecule has 0 aliphatic heterocycles.